The summed E-state index contributed by atoms with van der Waals surface area (Å²) in [5.41, 5.74) is 1.37. The number of halogens is 2. The lowest BCUT2D eigenvalue weighted by molar-refractivity contribution is -0.131. The van der Waals surface area contributed by atoms with Gasteiger partial charge in [-0.1, -0.05) is 53.5 Å². The van der Waals surface area contributed by atoms with Crippen LogP contribution in [0.25, 0.3) is 6.08 Å². The number of rotatable bonds is 4. The van der Waals surface area contributed by atoms with Crippen LogP contribution in [0.4, 0.5) is 0 Å². The van der Waals surface area contributed by atoms with Crippen molar-refractivity contribution in [2.24, 2.45) is 0 Å². The summed E-state index contributed by atoms with van der Waals surface area (Å²) in [7, 11) is 0. The van der Waals surface area contributed by atoms with E-state index >= 15 is 0 Å². The molecule has 0 saturated heterocycles. The van der Waals surface area contributed by atoms with Crippen LogP contribution < -0.4 is 0 Å². The van der Waals surface area contributed by atoms with Crippen molar-refractivity contribution in [1.29, 1.82) is 0 Å². The zero-order chi connectivity index (χ0) is 15.4. The largest absolute Gasteiger partial charge is 0.478 e. The Morgan fingerprint density at radius 1 is 0.952 bits per heavy atom. The van der Waals surface area contributed by atoms with Gasteiger partial charge in [0, 0.05) is 11.6 Å². The lowest BCUT2D eigenvalue weighted by Crippen LogP contribution is -2.03. The molecule has 5 heteroatoms. The van der Waals surface area contributed by atoms with Gasteiger partial charge in [0.05, 0.1) is 15.6 Å². The van der Waals surface area contributed by atoms with Crippen molar-refractivity contribution >= 4 is 41.0 Å². The molecule has 0 fully saturated rings. The minimum atomic E-state index is -1.03. The second-order valence-electron chi connectivity index (χ2n) is 4.22. The van der Waals surface area contributed by atoms with Crippen LogP contribution >= 0.6 is 23.2 Å². The molecule has 0 aliphatic rings. The third kappa shape index (κ3) is 3.72. The van der Waals surface area contributed by atoms with Gasteiger partial charge < -0.3 is 5.11 Å². The Labute approximate surface area is 131 Å². The fraction of sp³-hybridized carbons (Fsp3) is 0. The Morgan fingerprint density at radius 3 is 2.05 bits per heavy atom. The molecule has 0 spiro atoms. The van der Waals surface area contributed by atoms with Gasteiger partial charge in [-0.15, -0.1) is 0 Å². The van der Waals surface area contributed by atoms with Crippen molar-refractivity contribution in [2.75, 3.05) is 0 Å². The monoisotopic (exact) mass is 320 g/mol. The van der Waals surface area contributed by atoms with Gasteiger partial charge in [-0.2, -0.15) is 0 Å². The number of hydrogen-bond donors (Lipinski definition) is 1. The van der Waals surface area contributed by atoms with E-state index in [1.165, 1.54) is 6.08 Å². The van der Waals surface area contributed by atoms with Crippen LogP contribution in [0.15, 0.2) is 48.5 Å². The third-order valence-electron chi connectivity index (χ3n) is 2.78. The van der Waals surface area contributed by atoms with Crippen LogP contribution in [0, 0.1) is 0 Å². The van der Waals surface area contributed by atoms with E-state index in [0.717, 1.165) is 6.08 Å². The molecule has 0 aliphatic heterocycles. The highest BCUT2D eigenvalue weighted by atomic mass is 35.5. The lowest BCUT2D eigenvalue weighted by Gasteiger charge is -2.06. The number of carbonyl (C=O) groups is 2. The van der Waals surface area contributed by atoms with Gasteiger partial charge in [0.1, 0.15) is 0 Å². The number of benzene rings is 2. The van der Waals surface area contributed by atoms with E-state index in [-0.39, 0.29) is 11.3 Å². The summed E-state index contributed by atoms with van der Waals surface area (Å²) in [4.78, 5) is 22.8. The van der Waals surface area contributed by atoms with Crippen LogP contribution in [0.5, 0.6) is 0 Å². The molecule has 2 aromatic rings. The van der Waals surface area contributed by atoms with Gasteiger partial charge in [0.15, 0.2) is 5.78 Å². The molecule has 2 rings (SSSR count). The van der Waals surface area contributed by atoms with Gasteiger partial charge in [-0.05, 0) is 23.8 Å². The van der Waals surface area contributed by atoms with Gasteiger partial charge >= 0.3 is 5.97 Å². The predicted molar refractivity (Wildman–Crippen MR) is 83.0 cm³/mol. The van der Waals surface area contributed by atoms with E-state index in [1.807, 2.05) is 0 Å². The Morgan fingerprint density at radius 2 is 1.52 bits per heavy atom. The molecule has 0 aromatic heterocycles. The van der Waals surface area contributed by atoms with Crippen molar-refractivity contribution in [2.45, 2.75) is 0 Å². The van der Waals surface area contributed by atoms with Gasteiger partial charge in [0.2, 0.25) is 0 Å². The molecule has 106 valence electrons. The first-order valence-electron chi connectivity index (χ1n) is 5.99. The first-order chi connectivity index (χ1) is 9.99. The highest BCUT2D eigenvalue weighted by Crippen LogP contribution is 2.27. The zero-order valence-corrected chi connectivity index (χ0v) is 12.2. The van der Waals surface area contributed by atoms with Crippen molar-refractivity contribution in [3.8, 4) is 0 Å². The minimum absolute atomic E-state index is 0.259. The summed E-state index contributed by atoms with van der Waals surface area (Å²) in [5, 5.41) is 9.14. The van der Waals surface area contributed by atoms with Gasteiger partial charge in [-0.3, -0.25) is 4.79 Å². The molecule has 0 radical (unpaired) electrons. The standard InChI is InChI=1S/C16H10Cl2O3/c17-12-2-1-3-13(18)15(12)16(21)11-7-4-10(5-8-11)6-9-14(19)20/h1-9H,(H,19,20). The molecule has 3 nitrogen and oxygen atoms in total. The molecule has 0 unspecified atom stereocenters. The molecule has 0 amide bonds. The second kappa shape index (κ2) is 6.57. The number of carboxylic acid groups (broad SMARTS) is 1. The summed E-state index contributed by atoms with van der Waals surface area (Å²) < 4.78 is 0. The van der Waals surface area contributed by atoms with Crippen LogP contribution in [-0.2, 0) is 4.79 Å². The SMILES string of the molecule is O=C(O)C=Cc1ccc(C(=O)c2c(Cl)cccc2Cl)cc1. The van der Waals surface area contributed by atoms with Crippen LogP contribution in [0.1, 0.15) is 21.5 Å². The molecule has 1 N–H and O–H groups in total. The molecule has 0 atom stereocenters. The maximum absolute atomic E-state index is 12.4. The van der Waals surface area contributed by atoms with Crippen molar-refractivity contribution < 1.29 is 14.7 Å². The molecule has 0 bridgehead atoms. The Kier molecular flexibility index (Phi) is 4.78. The Bertz CT molecular complexity index is 699. The average Bonchev–Trinajstić information content (AvgIpc) is 2.45. The Balaban J connectivity index is 2.31. The number of carbonyl (C=O) groups excluding carboxylic acids is 1. The van der Waals surface area contributed by atoms with Crippen molar-refractivity contribution in [3.05, 3.63) is 75.3 Å². The lowest BCUT2D eigenvalue weighted by atomic mass is 10.0. The smallest absolute Gasteiger partial charge is 0.328 e. The fourth-order valence-electron chi connectivity index (χ4n) is 1.77. The summed E-state index contributed by atoms with van der Waals surface area (Å²) in [6, 6.07) is 11.4. The molecule has 21 heavy (non-hydrogen) atoms. The first-order valence-corrected chi connectivity index (χ1v) is 6.74. The summed E-state index contributed by atoms with van der Waals surface area (Å²) in [6.07, 6.45) is 2.47. The number of hydrogen-bond acceptors (Lipinski definition) is 2. The van der Waals surface area contributed by atoms with Gasteiger partial charge in [0.25, 0.3) is 0 Å². The minimum Gasteiger partial charge on any atom is -0.478 e. The first kappa shape index (κ1) is 15.3. The van der Waals surface area contributed by atoms with E-state index in [1.54, 1.807) is 42.5 Å². The van der Waals surface area contributed by atoms with Crippen molar-refractivity contribution in [3.63, 3.8) is 0 Å². The highest BCUT2D eigenvalue weighted by molar-refractivity contribution is 6.41. The maximum atomic E-state index is 12.4. The molecular weight excluding hydrogens is 311 g/mol. The van der Waals surface area contributed by atoms with E-state index in [0.29, 0.717) is 21.2 Å². The van der Waals surface area contributed by atoms with Crippen molar-refractivity contribution in [1.82, 2.24) is 0 Å². The van der Waals surface area contributed by atoms with E-state index in [9.17, 15) is 9.59 Å². The maximum Gasteiger partial charge on any atom is 0.328 e. The van der Waals surface area contributed by atoms with Gasteiger partial charge in [-0.25, -0.2) is 4.79 Å². The topological polar surface area (TPSA) is 54.4 Å². The number of ketones is 1. The van der Waals surface area contributed by atoms with E-state index in [4.69, 9.17) is 28.3 Å². The van der Waals surface area contributed by atoms with Crippen LogP contribution in [0.3, 0.4) is 0 Å². The normalized spacial score (nSPS) is 10.8. The van der Waals surface area contributed by atoms with E-state index in [2.05, 4.69) is 0 Å². The van der Waals surface area contributed by atoms with E-state index < -0.39 is 5.97 Å². The summed E-state index contributed by atoms with van der Waals surface area (Å²) >= 11 is 12.0. The zero-order valence-electron chi connectivity index (χ0n) is 10.7. The third-order valence-corrected chi connectivity index (χ3v) is 3.41. The molecule has 0 heterocycles. The predicted octanol–water partition coefficient (Wildman–Crippen LogP) is 4.32. The van der Waals surface area contributed by atoms with Crippen LogP contribution in [0.2, 0.25) is 10.0 Å². The molecular formula is C16H10Cl2O3. The quantitative estimate of drug-likeness (QED) is 0.674. The molecule has 0 aliphatic carbocycles. The fourth-order valence-corrected chi connectivity index (χ4v) is 2.34. The molecule has 0 saturated carbocycles. The average molecular weight is 321 g/mol. The molecule has 2 aromatic carbocycles. The Hall–Kier alpha value is -2.10. The summed E-state index contributed by atoms with van der Waals surface area (Å²) in [5.74, 6) is -1.31. The number of aliphatic carboxylic acids is 1. The second-order valence-corrected chi connectivity index (χ2v) is 5.03. The van der Waals surface area contributed by atoms with Crippen LogP contribution in [-0.4, -0.2) is 16.9 Å². The summed E-state index contributed by atoms with van der Waals surface area (Å²) in [6.45, 7) is 0. The highest BCUT2D eigenvalue weighted by Gasteiger charge is 2.16. The number of carboxylic acids is 1.